The van der Waals surface area contributed by atoms with Gasteiger partial charge in [0.25, 0.3) is 5.91 Å². The number of carbonyl (C=O) groups is 2. The highest BCUT2D eigenvalue weighted by Gasteiger charge is 2.37. The van der Waals surface area contributed by atoms with Gasteiger partial charge in [-0.1, -0.05) is 35.1 Å². The highest BCUT2D eigenvalue weighted by atomic mass is 32.1. The van der Waals surface area contributed by atoms with E-state index in [4.69, 9.17) is 4.74 Å². The standard InChI is InChI=1S/C24H27F3N4O3S/c1-3-31(16-9-10-16)21(32)20-28-29-23(35-20)30-13-11-15(12-14-30)19(22(33)34-4-2)17-7-5-6-8-18(17)24(25,26)27/h5-8,16H,3-4,9-14H2,1-2H3. The number of piperidine rings is 1. The van der Waals surface area contributed by atoms with Crippen LogP contribution < -0.4 is 4.90 Å². The van der Waals surface area contributed by atoms with Crippen LogP contribution in [0.25, 0.3) is 5.57 Å². The van der Waals surface area contributed by atoms with Gasteiger partial charge in [0, 0.05) is 31.2 Å². The second-order valence-corrected chi connectivity index (χ2v) is 9.40. The van der Waals surface area contributed by atoms with Crippen molar-refractivity contribution in [2.45, 2.75) is 51.7 Å². The largest absolute Gasteiger partial charge is 0.462 e. The minimum absolute atomic E-state index is 0.0180. The molecule has 7 nitrogen and oxygen atoms in total. The first-order valence-corrected chi connectivity index (χ1v) is 12.5. The normalized spacial score (nSPS) is 16.3. The molecule has 2 heterocycles. The lowest BCUT2D eigenvalue weighted by molar-refractivity contribution is -0.138. The molecule has 1 aromatic heterocycles. The molecule has 0 spiro atoms. The molecule has 0 N–H and O–H groups in total. The first-order valence-electron chi connectivity index (χ1n) is 11.7. The summed E-state index contributed by atoms with van der Waals surface area (Å²) in [4.78, 5) is 29.3. The third kappa shape index (κ3) is 5.50. The van der Waals surface area contributed by atoms with E-state index in [-0.39, 0.29) is 29.7 Å². The molecule has 0 bridgehead atoms. The number of carbonyl (C=O) groups excluding carboxylic acids is 2. The molecular weight excluding hydrogens is 481 g/mol. The monoisotopic (exact) mass is 508 g/mol. The number of halogens is 3. The molecule has 1 saturated carbocycles. The summed E-state index contributed by atoms with van der Waals surface area (Å²) in [5.41, 5.74) is -0.425. The van der Waals surface area contributed by atoms with Crippen LogP contribution in [-0.4, -0.2) is 59.3 Å². The molecule has 35 heavy (non-hydrogen) atoms. The molecule has 1 saturated heterocycles. The fourth-order valence-corrected chi connectivity index (χ4v) is 5.17. The molecule has 0 unspecified atom stereocenters. The number of anilines is 1. The van der Waals surface area contributed by atoms with Gasteiger partial charge in [-0.25, -0.2) is 4.79 Å². The fourth-order valence-electron chi connectivity index (χ4n) is 4.32. The van der Waals surface area contributed by atoms with Crippen LogP contribution in [0, 0.1) is 0 Å². The fraction of sp³-hybridized carbons (Fsp3) is 0.500. The number of alkyl halides is 3. The Morgan fingerprint density at radius 2 is 1.83 bits per heavy atom. The predicted molar refractivity (Wildman–Crippen MR) is 126 cm³/mol. The van der Waals surface area contributed by atoms with Crippen molar-refractivity contribution in [3.8, 4) is 0 Å². The summed E-state index contributed by atoms with van der Waals surface area (Å²) in [6.45, 7) is 5.12. The SMILES string of the molecule is CCOC(=O)C(=C1CCN(c2nnc(C(=O)N(CC)C3CC3)s2)CC1)c1ccccc1C(F)(F)F. The van der Waals surface area contributed by atoms with Gasteiger partial charge in [0.05, 0.1) is 17.7 Å². The molecule has 0 atom stereocenters. The van der Waals surface area contributed by atoms with E-state index in [1.165, 1.54) is 29.5 Å². The van der Waals surface area contributed by atoms with Crippen LogP contribution >= 0.6 is 11.3 Å². The third-order valence-electron chi connectivity index (χ3n) is 6.16. The van der Waals surface area contributed by atoms with Crippen molar-refractivity contribution in [2.24, 2.45) is 0 Å². The zero-order valence-electron chi connectivity index (χ0n) is 19.6. The summed E-state index contributed by atoms with van der Waals surface area (Å²) in [6, 6.07) is 5.37. The average Bonchev–Trinajstić information content (AvgIpc) is 3.54. The number of ether oxygens (including phenoxy) is 1. The number of hydrogen-bond acceptors (Lipinski definition) is 7. The first-order chi connectivity index (χ1) is 16.7. The molecule has 2 aromatic rings. The lowest BCUT2D eigenvalue weighted by Gasteiger charge is -2.29. The first kappa shape index (κ1) is 25.2. The van der Waals surface area contributed by atoms with Gasteiger partial charge >= 0.3 is 12.1 Å². The average molecular weight is 509 g/mol. The van der Waals surface area contributed by atoms with Gasteiger partial charge in [-0.2, -0.15) is 13.2 Å². The molecule has 2 fully saturated rings. The lowest BCUT2D eigenvalue weighted by atomic mass is 9.90. The van der Waals surface area contributed by atoms with E-state index in [2.05, 4.69) is 10.2 Å². The Balaban J connectivity index is 1.56. The smallest absolute Gasteiger partial charge is 0.417 e. The second-order valence-electron chi connectivity index (χ2n) is 8.44. The predicted octanol–water partition coefficient (Wildman–Crippen LogP) is 4.80. The molecule has 1 aliphatic carbocycles. The van der Waals surface area contributed by atoms with Crippen molar-refractivity contribution in [1.29, 1.82) is 0 Å². The van der Waals surface area contributed by atoms with Gasteiger partial charge in [0.2, 0.25) is 10.1 Å². The maximum Gasteiger partial charge on any atom is 0.417 e. The third-order valence-corrected chi connectivity index (χ3v) is 7.13. The summed E-state index contributed by atoms with van der Waals surface area (Å²) in [6.07, 6.45) is -1.85. The Kier molecular flexibility index (Phi) is 7.44. The number of amides is 1. The summed E-state index contributed by atoms with van der Waals surface area (Å²) in [7, 11) is 0. The maximum absolute atomic E-state index is 13.7. The molecule has 2 aliphatic rings. The number of benzene rings is 1. The molecule has 11 heteroatoms. The Morgan fingerprint density at radius 1 is 1.14 bits per heavy atom. The summed E-state index contributed by atoms with van der Waals surface area (Å²) >= 11 is 1.22. The zero-order chi connectivity index (χ0) is 25.2. The van der Waals surface area contributed by atoms with E-state index in [1.54, 1.807) is 6.92 Å². The molecule has 1 aromatic carbocycles. The molecule has 0 radical (unpaired) electrons. The maximum atomic E-state index is 13.7. The van der Waals surface area contributed by atoms with Gasteiger partial charge in [0.15, 0.2) is 0 Å². The van der Waals surface area contributed by atoms with Gasteiger partial charge in [-0.05, 0) is 45.6 Å². The van der Waals surface area contributed by atoms with Crippen LogP contribution in [0.5, 0.6) is 0 Å². The number of esters is 1. The number of hydrogen-bond donors (Lipinski definition) is 0. The number of nitrogens with zero attached hydrogens (tertiary/aromatic N) is 4. The van der Waals surface area contributed by atoms with Crippen molar-refractivity contribution in [1.82, 2.24) is 15.1 Å². The topological polar surface area (TPSA) is 75.6 Å². The van der Waals surface area contributed by atoms with E-state index < -0.39 is 17.7 Å². The van der Waals surface area contributed by atoms with Gasteiger partial charge < -0.3 is 14.5 Å². The quantitative estimate of drug-likeness (QED) is 0.395. The minimum Gasteiger partial charge on any atom is -0.462 e. The van der Waals surface area contributed by atoms with E-state index in [1.807, 2.05) is 16.7 Å². The number of rotatable bonds is 7. The van der Waals surface area contributed by atoms with E-state index in [0.29, 0.717) is 48.2 Å². The Labute approximate surface area is 205 Å². The molecule has 188 valence electrons. The van der Waals surface area contributed by atoms with Crippen LogP contribution in [0.2, 0.25) is 0 Å². The van der Waals surface area contributed by atoms with E-state index in [0.717, 1.165) is 18.9 Å². The van der Waals surface area contributed by atoms with Crippen LogP contribution in [0.15, 0.2) is 29.8 Å². The number of aromatic nitrogens is 2. The lowest BCUT2D eigenvalue weighted by Crippen LogP contribution is -2.32. The Bertz CT molecular complexity index is 1120. The van der Waals surface area contributed by atoms with Crippen LogP contribution in [0.3, 0.4) is 0 Å². The Hall–Kier alpha value is -2.95. The highest BCUT2D eigenvalue weighted by molar-refractivity contribution is 7.17. The van der Waals surface area contributed by atoms with Crippen molar-refractivity contribution in [3.63, 3.8) is 0 Å². The molecule has 4 rings (SSSR count). The highest BCUT2D eigenvalue weighted by Crippen LogP contribution is 2.38. The zero-order valence-corrected chi connectivity index (χ0v) is 20.4. The van der Waals surface area contributed by atoms with Gasteiger partial charge in [-0.3, -0.25) is 4.79 Å². The van der Waals surface area contributed by atoms with Crippen molar-refractivity contribution < 1.29 is 27.5 Å². The van der Waals surface area contributed by atoms with Gasteiger partial charge in [-0.15, -0.1) is 10.2 Å². The van der Waals surface area contributed by atoms with Gasteiger partial charge in [0.1, 0.15) is 0 Å². The van der Waals surface area contributed by atoms with Crippen LogP contribution in [0.1, 0.15) is 60.5 Å². The van der Waals surface area contributed by atoms with E-state index >= 15 is 0 Å². The van der Waals surface area contributed by atoms with Crippen molar-refractivity contribution >= 4 is 33.9 Å². The summed E-state index contributed by atoms with van der Waals surface area (Å²) < 4.78 is 46.2. The molecule has 1 aliphatic heterocycles. The summed E-state index contributed by atoms with van der Waals surface area (Å²) in [5.74, 6) is -0.874. The second kappa shape index (κ2) is 10.3. The van der Waals surface area contributed by atoms with Crippen LogP contribution in [0.4, 0.5) is 18.3 Å². The molecule has 1 amide bonds. The van der Waals surface area contributed by atoms with Crippen molar-refractivity contribution in [2.75, 3.05) is 31.1 Å². The van der Waals surface area contributed by atoms with Crippen molar-refractivity contribution in [3.05, 3.63) is 46.0 Å². The summed E-state index contributed by atoms with van der Waals surface area (Å²) in [5, 5.41) is 9.20. The minimum atomic E-state index is -4.60. The Morgan fingerprint density at radius 3 is 2.43 bits per heavy atom. The van der Waals surface area contributed by atoms with Crippen LogP contribution in [-0.2, 0) is 15.7 Å². The molecular formula is C24H27F3N4O3S. The van der Waals surface area contributed by atoms with E-state index in [9.17, 15) is 22.8 Å².